The van der Waals surface area contributed by atoms with Crippen LogP contribution in [0, 0.1) is 0 Å². The lowest BCUT2D eigenvalue weighted by atomic mass is 10.0. The van der Waals surface area contributed by atoms with Crippen molar-refractivity contribution in [3.8, 4) is 11.5 Å². The highest BCUT2D eigenvalue weighted by molar-refractivity contribution is 7.88. The summed E-state index contributed by atoms with van der Waals surface area (Å²) in [6.07, 6.45) is 0.154. The Morgan fingerprint density at radius 2 is 1.96 bits per heavy atom. The number of nitrogens with one attached hydrogen (secondary N) is 2. The number of nitrogens with zero attached hydrogens (tertiary/aromatic N) is 1. The molecule has 1 aliphatic rings. The fourth-order valence-electron chi connectivity index (χ4n) is 2.62. The number of carbonyl (C=O) groups excluding carboxylic acids is 1. The number of carbonyl (C=O) groups is 1. The Hall–Kier alpha value is -2.78. The number of para-hydroxylation sites is 1. The third-order valence-electron chi connectivity index (χ3n) is 3.71. The third kappa shape index (κ3) is 3.37. The number of phenolic OH excluding ortho intramolecular Hbond substituents is 1. The van der Waals surface area contributed by atoms with Gasteiger partial charge < -0.3 is 15.2 Å². The maximum atomic E-state index is 12.8. The molecular formula is C16H17N3O5S. The highest BCUT2D eigenvalue weighted by Crippen LogP contribution is 2.35. The molecule has 3 N–H and O–H groups in total. The van der Waals surface area contributed by atoms with Crippen LogP contribution in [0.25, 0.3) is 0 Å². The van der Waals surface area contributed by atoms with Crippen molar-refractivity contribution >= 4 is 21.6 Å². The van der Waals surface area contributed by atoms with E-state index >= 15 is 0 Å². The van der Waals surface area contributed by atoms with Crippen LogP contribution in [0.15, 0.2) is 42.5 Å². The monoisotopic (exact) mass is 363 g/mol. The van der Waals surface area contributed by atoms with Crippen LogP contribution in [0.3, 0.4) is 0 Å². The minimum atomic E-state index is -3.69. The molecular weight excluding hydrogens is 346 g/mol. The first-order valence-electron chi connectivity index (χ1n) is 7.33. The van der Waals surface area contributed by atoms with E-state index in [4.69, 9.17) is 4.74 Å². The van der Waals surface area contributed by atoms with E-state index in [9.17, 15) is 18.3 Å². The Kier molecular flexibility index (Phi) is 4.27. The summed E-state index contributed by atoms with van der Waals surface area (Å²) in [5.41, 5.74) is 1.46. The molecule has 0 radical (unpaired) electrons. The highest BCUT2D eigenvalue weighted by Gasteiger charge is 2.35. The number of aromatic hydroxyl groups is 1. The molecule has 1 heterocycles. The summed E-state index contributed by atoms with van der Waals surface area (Å²) in [6.45, 7) is 0. The van der Waals surface area contributed by atoms with E-state index in [-0.39, 0.29) is 11.5 Å². The summed E-state index contributed by atoms with van der Waals surface area (Å²) in [7, 11) is -2.29. The summed E-state index contributed by atoms with van der Waals surface area (Å²) in [5, 5.41) is 13.9. The minimum absolute atomic E-state index is 0.0589. The lowest BCUT2D eigenvalue weighted by molar-refractivity contribution is 0.0633. The number of anilines is 1. The van der Waals surface area contributed by atoms with Crippen LogP contribution >= 0.6 is 0 Å². The van der Waals surface area contributed by atoms with Crippen molar-refractivity contribution in [1.29, 1.82) is 0 Å². The topological polar surface area (TPSA) is 108 Å². The molecule has 0 saturated carbocycles. The first kappa shape index (κ1) is 17.1. The van der Waals surface area contributed by atoms with Gasteiger partial charge in [-0.05, 0) is 29.8 Å². The molecule has 2 aromatic carbocycles. The molecule has 25 heavy (non-hydrogen) atoms. The van der Waals surface area contributed by atoms with Crippen molar-refractivity contribution in [3.63, 3.8) is 0 Å². The van der Waals surface area contributed by atoms with Crippen molar-refractivity contribution in [1.82, 2.24) is 9.84 Å². The molecule has 8 nitrogen and oxygen atoms in total. The van der Waals surface area contributed by atoms with Crippen LogP contribution in [-0.2, 0) is 10.0 Å². The second-order valence-corrected chi connectivity index (χ2v) is 7.29. The van der Waals surface area contributed by atoms with Gasteiger partial charge in [0, 0.05) is 5.69 Å². The van der Waals surface area contributed by atoms with Gasteiger partial charge in [0.15, 0.2) is 11.5 Å². The molecule has 1 atom stereocenters. The van der Waals surface area contributed by atoms with Crippen LogP contribution in [0.4, 0.5) is 5.69 Å². The molecule has 0 aromatic heterocycles. The van der Waals surface area contributed by atoms with Gasteiger partial charge in [-0.25, -0.2) is 13.4 Å². The number of hydrazine groups is 1. The molecule has 0 unspecified atom stereocenters. The normalized spacial score (nSPS) is 17.0. The first-order valence-corrected chi connectivity index (χ1v) is 9.23. The van der Waals surface area contributed by atoms with Crippen LogP contribution in [0.2, 0.25) is 0 Å². The van der Waals surface area contributed by atoms with Gasteiger partial charge in [-0.2, -0.15) is 0 Å². The quantitative estimate of drug-likeness (QED) is 0.758. The number of methoxy groups -OCH3 is 1. The van der Waals surface area contributed by atoms with Crippen LogP contribution in [-0.4, -0.2) is 37.8 Å². The van der Waals surface area contributed by atoms with Gasteiger partial charge >= 0.3 is 0 Å². The number of rotatable bonds is 4. The van der Waals surface area contributed by atoms with Gasteiger partial charge in [0.05, 0.1) is 18.9 Å². The molecule has 0 aliphatic carbocycles. The summed E-state index contributed by atoms with van der Waals surface area (Å²) in [4.78, 5) is 15.0. The second-order valence-electron chi connectivity index (χ2n) is 5.56. The lowest BCUT2D eigenvalue weighted by Crippen LogP contribution is -2.52. The molecule has 1 aliphatic heterocycles. The molecule has 1 amide bonds. The van der Waals surface area contributed by atoms with E-state index < -0.39 is 22.1 Å². The van der Waals surface area contributed by atoms with E-state index in [0.29, 0.717) is 16.8 Å². The molecule has 132 valence electrons. The van der Waals surface area contributed by atoms with Gasteiger partial charge in [0.2, 0.25) is 10.0 Å². The van der Waals surface area contributed by atoms with Crippen molar-refractivity contribution in [2.45, 2.75) is 6.17 Å². The zero-order chi connectivity index (χ0) is 18.2. The number of phenols is 1. The van der Waals surface area contributed by atoms with E-state index in [2.05, 4.69) is 10.1 Å². The predicted molar refractivity (Wildman–Crippen MR) is 91.6 cm³/mol. The number of hydrogen-bond acceptors (Lipinski definition) is 6. The fourth-order valence-corrected chi connectivity index (χ4v) is 3.17. The molecule has 0 fully saturated rings. The van der Waals surface area contributed by atoms with Crippen molar-refractivity contribution in [2.24, 2.45) is 0 Å². The summed E-state index contributed by atoms with van der Waals surface area (Å²) in [5.74, 6) is -0.335. The molecule has 9 heteroatoms. The van der Waals surface area contributed by atoms with Gasteiger partial charge in [-0.1, -0.05) is 18.2 Å². The maximum Gasteiger partial charge on any atom is 0.273 e. The van der Waals surface area contributed by atoms with E-state index in [1.807, 2.05) is 0 Å². The zero-order valence-corrected chi connectivity index (χ0v) is 14.4. The molecule has 0 bridgehead atoms. The largest absolute Gasteiger partial charge is 0.504 e. The predicted octanol–water partition coefficient (Wildman–Crippen LogP) is 1.43. The molecule has 3 rings (SSSR count). The van der Waals surface area contributed by atoms with Gasteiger partial charge in [0.1, 0.15) is 6.17 Å². The second kappa shape index (κ2) is 6.26. The van der Waals surface area contributed by atoms with Crippen LogP contribution in [0.5, 0.6) is 11.5 Å². The van der Waals surface area contributed by atoms with Gasteiger partial charge in [0.25, 0.3) is 5.91 Å². The summed E-state index contributed by atoms with van der Waals surface area (Å²) >= 11 is 0. The number of hydrogen-bond donors (Lipinski definition) is 3. The Labute approximate surface area is 145 Å². The van der Waals surface area contributed by atoms with Crippen molar-refractivity contribution in [3.05, 3.63) is 53.6 Å². The lowest BCUT2D eigenvalue weighted by Gasteiger charge is -2.37. The average Bonchev–Trinajstić information content (AvgIpc) is 2.57. The van der Waals surface area contributed by atoms with E-state index in [0.717, 1.165) is 11.3 Å². The standard InChI is InChI=1S/C16H17N3O5S/c1-24-14-9-10(7-8-13(14)20)15-17-12-6-4-3-5-11(12)16(21)19(15)18-25(2,22)23/h3-9,15,17-18,20H,1-2H3/t15-/m0/s1. The smallest absolute Gasteiger partial charge is 0.273 e. The maximum absolute atomic E-state index is 12.8. The summed E-state index contributed by atoms with van der Waals surface area (Å²) in [6, 6.07) is 11.3. The minimum Gasteiger partial charge on any atom is -0.504 e. The fraction of sp³-hybridized carbons (Fsp3) is 0.188. The van der Waals surface area contributed by atoms with Gasteiger partial charge in [-0.15, -0.1) is 4.83 Å². The van der Waals surface area contributed by atoms with Crippen molar-refractivity contribution in [2.75, 3.05) is 18.7 Å². The molecule has 0 saturated heterocycles. The van der Waals surface area contributed by atoms with Gasteiger partial charge in [-0.3, -0.25) is 4.79 Å². The first-order chi connectivity index (χ1) is 11.8. The molecule has 0 spiro atoms. The van der Waals surface area contributed by atoms with E-state index in [1.165, 1.54) is 19.2 Å². The van der Waals surface area contributed by atoms with Crippen LogP contribution < -0.4 is 14.9 Å². The van der Waals surface area contributed by atoms with Crippen LogP contribution in [0.1, 0.15) is 22.1 Å². The van der Waals surface area contributed by atoms with E-state index in [1.54, 1.807) is 30.3 Å². The Balaban J connectivity index is 2.10. The summed E-state index contributed by atoms with van der Waals surface area (Å²) < 4.78 is 28.5. The number of amides is 1. The zero-order valence-electron chi connectivity index (χ0n) is 13.6. The highest BCUT2D eigenvalue weighted by atomic mass is 32.2. The Bertz CT molecular complexity index is 929. The Morgan fingerprint density at radius 3 is 2.64 bits per heavy atom. The third-order valence-corrected chi connectivity index (χ3v) is 4.24. The molecule has 2 aromatic rings. The number of benzene rings is 2. The average molecular weight is 363 g/mol. The van der Waals surface area contributed by atoms with Crippen molar-refractivity contribution < 1.29 is 23.1 Å². The number of ether oxygens (including phenoxy) is 1. The number of fused-ring (bicyclic) bond motifs is 1. The Morgan fingerprint density at radius 1 is 1.24 bits per heavy atom. The SMILES string of the molecule is COc1cc([C@H]2Nc3ccccc3C(=O)N2NS(C)(=O)=O)ccc1O. The number of sulfonamides is 1.